The van der Waals surface area contributed by atoms with Crippen LogP contribution in [0.15, 0.2) is 0 Å². The van der Waals surface area contributed by atoms with Gasteiger partial charge < -0.3 is 21.3 Å². The predicted molar refractivity (Wildman–Crippen MR) is 86.6 cm³/mol. The van der Waals surface area contributed by atoms with Crippen LogP contribution in [0.5, 0.6) is 0 Å². The van der Waals surface area contributed by atoms with Crippen molar-refractivity contribution in [2.75, 3.05) is 26.2 Å². The Kier molecular flexibility index (Phi) is 5.67. The summed E-state index contributed by atoms with van der Waals surface area (Å²) in [5.74, 6) is -0.0176. The van der Waals surface area contributed by atoms with Crippen molar-refractivity contribution < 1.29 is 9.59 Å². The van der Waals surface area contributed by atoms with Crippen LogP contribution in [0, 0.1) is 5.41 Å². The fraction of sp³-hybridized carbons (Fsp3) is 0.875. The summed E-state index contributed by atoms with van der Waals surface area (Å²) in [6, 6.07) is -0.243. The van der Waals surface area contributed by atoms with Crippen LogP contribution in [0.2, 0.25) is 0 Å². The first-order chi connectivity index (χ1) is 10.5. The highest BCUT2D eigenvalue weighted by molar-refractivity contribution is 5.91. The van der Waals surface area contributed by atoms with E-state index in [9.17, 15) is 9.59 Å². The lowest BCUT2D eigenvalue weighted by Gasteiger charge is -2.36. The van der Waals surface area contributed by atoms with Crippen molar-refractivity contribution in [3.8, 4) is 0 Å². The van der Waals surface area contributed by atoms with E-state index >= 15 is 0 Å². The number of nitrogens with one attached hydrogen (secondary N) is 4. The van der Waals surface area contributed by atoms with Gasteiger partial charge in [-0.05, 0) is 51.1 Å². The van der Waals surface area contributed by atoms with Crippen LogP contribution < -0.4 is 21.3 Å². The molecule has 0 aromatic heterocycles. The first-order valence-electron chi connectivity index (χ1n) is 8.55. The minimum Gasteiger partial charge on any atom is -0.354 e. The second-order valence-electron chi connectivity index (χ2n) is 7.02. The van der Waals surface area contributed by atoms with E-state index in [0.29, 0.717) is 13.1 Å². The Hall–Kier alpha value is -1.30. The molecule has 1 saturated heterocycles. The normalized spacial score (nSPS) is 22.8. The third-order valence-corrected chi connectivity index (χ3v) is 5.07. The maximum Gasteiger partial charge on any atom is 0.315 e. The summed E-state index contributed by atoms with van der Waals surface area (Å²) in [6.45, 7) is 7.37. The van der Waals surface area contributed by atoms with Crippen LogP contribution in [0.3, 0.4) is 0 Å². The van der Waals surface area contributed by atoms with Gasteiger partial charge in [0.05, 0.1) is 0 Å². The average molecular weight is 310 g/mol. The van der Waals surface area contributed by atoms with E-state index in [2.05, 4.69) is 28.2 Å². The predicted octanol–water partition coefficient (Wildman–Crippen LogP) is 1.12. The van der Waals surface area contributed by atoms with Crippen LogP contribution in [0.25, 0.3) is 0 Å². The zero-order chi connectivity index (χ0) is 16.1. The summed E-state index contributed by atoms with van der Waals surface area (Å²) in [5, 5.41) is 12.1. The molecule has 6 nitrogen and oxygen atoms in total. The lowest BCUT2D eigenvalue weighted by atomic mass is 9.80. The number of urea groups is 1. The van der Waals surface area contributed by atoms with Gasteiger partial charge in [-0.15, -0.1) is 0 Å². The summed E-state index contributed by atoms with van der Waals surface area (Å²) in [4.78, 5) is 24.6. The van der Waals surface area contributed by atoms with E-state index in [4.69, 9.17) is 0 Å². The first-order valence-corrected chi connectivity index (χ1v) is 8.55. The molecular weight excluding hydrogens is 280 g/mol. The molecule has 3 amide bonds. The van der Waals surface area contributed by atoms with Crippen LogP contribution in [-0.2, 0) is 4.79 Å². The average Bonchev–Trinajstić information content (AvgIpc) is 2.95. The summed E-state index contributed by atoms with van der Waals surface area (Å²) >= 11 is 0. The van der Waals surface area contributed by atoms with Gasteiger partial charge in [0.2, 0.25) is 5.91 Å². The lowest BCUT2D eigenvalue weighted by molar-refractivity contribution is -0.127. The molecule has 2 rings (SSSR count). The molecule has 0 unspecified atom stereocenters. The van der Waals surface area contributed by atoms with Crippen LogP contribution >= 0.6 is 0 Å². The van der Waals surface area contributed by atoms with Crippen molar-refractivity contribution >= 4 is 11.9 Å². The second kappa shape index (κ2) is 7.31. The van der Waals surface area contributed by atoms with Gasteiger partial charge in [0.15, 0.2) is 0 Å². The molecule has 0 aromatic rings. The van der Waals surface area contributed by atoms with E-state index in [1.165, 1.54) is 0 Å². The number of piperidine rings is 1. The molecule has 0 aromatic carbocycles. The van der Waals surface area contributed by atoms with Gasteiger partial charge in [0, 0.05) is 13.1 Å². The molecule has 1 saturated carbocycles. The first kappa shape index (κ1) is 17.1. The molecular formula is C16H30N4O2. The molecule has 2 aliphatic rings. The van der Waals surface area contributed by atoms with Crippen LogP contribution in [0.1, 0.15) is 52.4 Å². The summed E-state index contributed by atoms with van der Waals surface area (Å²) in [5.41, 5.74) is -0.561. The van der Waals surface area contributed by atoms with E-state index < -0.39 is 5.54 Å². The summed E-state index contributed by atoms with van der Waals surface area (Å²) < 4.78 is 0. The zero-order valence-corrected chi connectivity index (χ0v) is 13.9. The Bertz CT molecular complexity index is 399. The molecule has 0 bridgehead atoms. The molecule has 0 atom stereocenters. The number of hydrogen-bond donors (Lipinski definition) is 4. The number of amides is 3. The van der Waals surface area contributed by atoms with Crippen molar-refractivity contribution in [3.63, 3.8) is 0 Å². The molecule has 1 heterocycles. The minimum atomic E-state index is -0.720. The highest BCUT2D eigenvalue weighted by Crippen LogP contribution is 2.31. The van der Waals surface area contributed by atoms with Crippen molar-refractivity contribution in [2.45, 2.75) is 57.9 Å². The van der Waals surface area contributed by atoms with E-state index in [-0.39, 0.29) is 17.4 Å². The molecule has 1 aliphatic carbocycles. The standard InChI is InChI=1S/C16H30N4O2/c1-3-18-14(22)20-16(6-4-5-7-16)13(21)19-12-15(2)8-10-17-11-9-15/h17H,3-12H2,1-2H3,(H,19,21)(H2,18,20,22). The molecule has 4 N–H and O–H groups in total. The van der Waals surface area contributed by atoms with Gasteiger partial charge in [0.1, 0.15) is 5.54 Å². The lowest BCUT2D eigenvalue weighted by Crippen LogP contribution is -2.60. The SMILES string of the molecule is CCNC(=O)NC1(C(=O)NCC2(C)CCNCC2)CCCC1. The fourth-order valence-electron chi connectivity index (χ4n) is 3.48. The van der Waals surface area contributed by atoms with E-state index in [0.717, 1.165) is 51.6 Å². The Morgan fingerprint density at radius 2 is 1.68 bits per heavy atom. The molecule has 0 spiro atoms. The molecule has 0 radical (unpaired) electrons. The Morgan fingerprint density at radius 1 is 1.05 bits per heavy atom. The zero-order valence-electron chi connectivity index (χ0n) is 13.9. The molecule has 2 fully saturated rings. The molecule has 126 valence electrons. The van der Waals surface area contributed by atoms with Gasteiger partial charge >= 0.3 is 6.03 Å². The minimum absolute atomic E-state index is 0.0176. The van der Waals surface area contributed by atoms with Gasteiger partial charge in [-0.2, -0.15) is 0 Å². The number of carbonyl (C=O) groups excluding carboxylic acids is 2. The van der Waals surface area contributed by atoms with Crippen LogP contribution in [0.4, 0.5) is 4.79 Å². The van der Waals surface area contributed by atoms with Gasteiger partial charge in [-0.3, -0.25) is 4.79 Å². The second-order valence-corrected chi connectivity index (χ2v) is 7.02. The molecule has 6 heteroatoms. The van der Waals surface area contributed by atoms with Crippen molar-refractivity contribution in [2.24, 2.45) is 5.41 Å². The largest absolute Gasteiger partial charge is 0.354 e. The third-order valence-electron chi connectivity index (χ3n) is 5.07. The Balaban J connectivity index is 1.93. The highest BCUT2D eigenvalue weighted by Gasteiger charge is 2.43. The van der Waals surface area contributed by atoms with Gasteiger partial charge in [-0.25, -0.2) is 4.79 Å². The van der Waals surface area contributed by atoms with Gasteiger partial charge in [-0.1, -0.05) is 19.8 Å². The molecule has 22 heavy (non-hydrogen) atoms. The highest BCUT2D eigenvalue weighted by atomic mass is 16.2. The monoisotopic (exact) mass is 310 g/mol. The topological polar surface area (TPSA) is 82.3 Å². The number of hydrogen-bond acceptors (Lipinski definition) is 3. The summed E-state index contributed by atoms with van der Waals surface area (Å²) in [6.07, 6.45) is 5.58. The smallest absolute Gasteiger partial charge is 0.315 e. The number of rotatable bonds is 5. The third kappa shape index (κ3) is 4.12. The van der Waals surface area contributed by atoms with Crippen LogP contribution in [-0.4, -0.2) is 43.7 Å². The number of carbonyl (C=O) groups is 2. The van der Waals surface area contributed by atoms with Gasteiger partial charge in [0.25, 0.3) is 0 Å². The quantitative estimate of drug-likeness (QED) is 0.614. The summed E-state index contributed by atoms with van der Waals surface area (Å²) in [7, 11) is 0. The van der Waals surface area contributed by atoms with Crippen molar-refractivity contribution in [1.82, 2.24) is 21.3 Å². The Morgan fingerprint density at radius 3 is 2.27 bits per heavy atom. The van der Waals surface area contributed by atoms with Crippen molar-refractivity contribution in [1.29, 1.82) is 0 Å². The maximum absolute atomic E-state index is 12.7. The molecule has 1 aliphatic heterocycles. The van der Waals surface area contributed by atoms with E-state index in [1.807, 2.05) is 6.92 Å². The van der Waals surface area contributed by atoms with Crippen molar-refractivity contribution in [3.05, 3.63) is 0 Å². The van der Waals surface area contributed by atoms with E-state index in [1.54, 1.807) is 0 Å². The Labute approximate surface area is 133 Å². The maximum atomic E-state index is 12.7. The fourth-order valence-corrected chi connectivity index (χ4v) is 3.48.